The topological polar surface area (TPSA) is 62.7 Å². The van der Waals surface area contributed by atoms with Crippen molar-refractivity contribution in [2.45, 2.75) is 20.3 Å². The highest BCUT2D eigenvalue weighted by Crippen LogP contribution is 2.24. The molecule has 0 saturated carbocycles. The van der Waals surface area contributed by atoms with Crippen LogP contribution in [0.3, 0.4) is 0 Å². The van der Waals surface area contributed by atoms with E-state index < -0.39 is 11.6 Å². The number of rotatable bonds is 5. The standard InChI is InChI=1S/C13H14ClF2N5/c1-3-6-17-12-19-11(14)20-13(21-12)18-10-8(15)5-4-7(2)9(10)16/h4-5H,3,6H2,1-2H3,(H2,17,18,19,20,21). The van der Waals surface area contributed by atoms with Crippen molar-refractivity contribution in [3.8, 4) is 0 Å². The number of nitrogens with one attached hydrogen (secondary N) is 2. The molecule has 0 saturated heterocycles. The van der Waals surface area contributed by atoms with Gasteiger partial charge in [-0.2, -0.15) is 15.0 Å². The van der Waals surface area contributed by atoms with Gasteiger partial charge in [-0.1, -0.05) is 13.0 Å². The Bertz CT molecular complexity index is 651. The van der Waals surface area contributed by atoms with Gasteiger partial charge in [-0.05, 0) is 36.6 Å². The summed E-state index contributed by atoms with van der Waals surface area (Å²) in [5.41, 5.74) is -0.0120. The molecule has 0 amide bonds. The molecule has 8 heteroatoms. The third-order valence-corrected chi connectivity index (χ3v) is 2.83. The third-order valence-electron chi connectivity index (χ3n) is 2.66. The average Bonchev–Trinajstić information content (AvgIpc) is 2.45. The van der Waals surface area contributed by atoms with Crippen LogP contribution in [0.1, 0.15) is 18.9 Å². The van der Waals surface area contributed by atoms with Crippen molar-refractivity contribution in [1.82, 2.24) is 15.0 Å². The molecule has 2 N–H and O–H groups in total. The molecule has 0 aliphatic heterocycles. The summed E-state index contributed by atoms with van der Waals surface area (Å²) in [5, 5.41) is 5.36. The first kappa shape index (κ1) is 15.4. The number of aromatic nitrogens is 3. The van der Waals surface area contributed by atoms with Gasteiger partial charge < -0.3 is 10.6 Å². The molecule has 0 aliphatic rings. The number of nitrogens with zero attached hydrogens (tertiary/aromatic N) is 3. The van der Waals surface area contributed by atoms with Gasteiger partial charge >= 0.3 is 0 Å². The number of aryl methyl sites for hydroxylation is 1. The van der Waals surface area contributed by atoms with Crippen molar-refractivity contribution < 1.29 is 8.78 Å². The Hall–Kier alpha value is -2.02. The van der Waals surface area contributed by atoms with Crippen LogP contribution in [0.2, 0.25) is 5.28 Å². The molecule has 1 aromatic heterocycles. The van der Waals surface area contributed by atoms with E-state index in [1.54, 1.807) is 0 Å². The number of halogens is 3. The zero-order valence-corrected chi connectivity index (χ0v) is 12.3. The molecule has 2 aromatic rings. The van der Waals surface area contributed by atoms with Crippen LogP contribution < -0.4 is 10.6 Å². The minimum Gasteiger partial charge on any atom is -0.354 e. The monoisotopic (exact) mass is 313 g/mol. The van der Waals surface area contributed by atoms with Gasteiger partial charge in [-0.15, -0.1) is 0 Å². The van der Waals surface area contributed by atoms with Crippen LogP contribution in [0.5, 0.6) is 0 Å². The first-order chi connectivity index (χ1) is 10.0. The Kier molecular flexibility index (Phi) is 4.85. The average molecular weight is 314 g/mol. The number of hydrogen-bond acceptors (Lipinski definition) is 5. The molecule has 1 heterocycles. The summed E-state index contributed by atoms with van der Waals surface area (Å²) in [4.78, 5) is 11.7. The van der Waals surface area contributed by atoms with Gasteiger partial charge in [0.25, 0.3) is 0 Å². The lowest BCUT2D eigenvalue weighted by atomic mass is 10.2. The normalized spacial score (nSPS) is 10.5. The fraction of sp³-hybridized carbons (Fsp3) is 0.308. The van der Waals surface area contributed by atoms with E-state index in [-0.39, 0.29) is 22.9 Å². The zero-order valence-electron chi connectivity index (χ0n) is 11.5. The van der Waals surface area contributed by atoms with E-state index in [1.165, 1.54) is 19.1 Å². The van der Waals surface area contributed by atoms with Crippen LogP contribution in [-0.4, -0.2) is 21.5 Å². The summed E-state index contributed by atoms with van der Waals surface area (Å²) in [5.74, 6) is -1.22. The van der Waals surface area contributed by atoms with E-state index >= 15 is 0 Å². The van der Waals surface area contributed by atoms with Crippen molar-refractivity contribution in [2.75, 3.05) is 17.2 Å². The van der Waals surface area contributed by atoms with Crippen molar-refractivity contribution >= 4 is 29.2 Å². The fourth-order valence-corrected chi connectivity index (χ4v) is 1.77. The van der Waals surface area contributed by atoms with Gasteiger partial charge in [0.05, 0.1) is 0 Å². The maximum Gasteiger partial charge on any atom is 0.233 e. The fourth-order valence-electron chi connectivity index (χ4n) is 1.60. The Morgan fingerprint density at radius 1 is 1.14 bits per heavy atom. The molecule has 0 fully saturated rings. The predicted octanol–water partition coefficient (Wildman–Crippen LogP) is 3.68. The lowest BCUT2D eigenvalue weighted by molar-refractivity contribution is 0.584. The van der Waals surface area contributed by atoms with E-state index in [0.29, 0.717) is 12.1 Å². The molecule has 0 atom stereocenters. The quantitative estimate of drug-likeness (QED) is 0.881. The van der Waals surface area contributed by atoms with Gasteiger partial charge in [-0.25, -0.2) is 8.78 Å². The third kappa shape index (κ3) is 3.75. The molecule has 5 nitrogen and oxygen atoms in total. The summed E-state index contributed by atoms with van der Waals surface area (Å²) in [7, 11) is 0. The highest BCUT2D eigenvalue weighted by Gasteiger charge is 2.14. The summed E-state index contributed by atoms with van der Waals surface area (Å²) in [6.45, 7) is 4.16. The maximum absolute atomic E-state index is 13.9. The molecule has 0 bridgehead atoms. The first-order valence-electron chi connectivity index (χ1n) is 6.38. The van der Waals surface area contributed by atoms with Crippen molar-refractivity contribution in [2.24, 2.45) is 0 Å². The van der Waals surface area contributed by atoms with E-state index in [2.05, 4.69) is 25.6 Å². The second-order valence-electron chi connectivity index (χ2n) is 4.36. The second-order valence-corrected chi connectivity index (χ2v) is 4.69. The summed E-state index contributed by atoms with van der Waals surface area (Å²) in [6, 6.07) is 2.52. The lowest BCUT2D eigenvalue weighted by Gasteiger charge is -2.10. The van der Waals surface area contributed by atoms with Crippen molar-refractivity contribution in [3.63, 3.8) is 0 Å². The van der Waals surface area contributed by atoms with Crippen molar-refractivity contribution in [3.05, 3.63) is 34.6 Å². The molecular formula is C13H14ClF2N5. The van der Waals surface area contributed by atoms with Crippen LogP contribution in [0, 0.1) is 18.6 Å². The van der Waals surface area contributed by atoms with Crippen molar-refractivity contribution in [1.29, 1.82) is 0 Å². The Morgan fingerprint density at radius 3 is 2.57 bits per heavy atom. The highest BCUT2D eigenvalue weighted by atomic mass is 35.5. The molecular weight excluding hydrogens is 300 g/mol. The highest BCUT2D eigenvalue weighted by molar-refractivity contribution is 6.28. The van der Waals surface area contributed by atoms with Gasteiger partial charge in [-0.3, -0.25) is 0 Å². The summed E-state index contributed by atoms with van der Waals surface area (Å²) in [6.07, 6.45) is 0.868. The van der Waals surface area contributed by atoms with Gasteiger partial charge in [0.2, 0.25) is 17.2 Å². The lowest BCUT2D eigenvalue weighted by Crippen LogP contribution is -2.09. The molecule has 2 rings (SSSR count). The molecule has 112 valence electrons. The van der Waals surface area contributed by atoms with E-state index in [9.17, 15) is 8.78 Å². The molecule has 0 radical (unpaired) electrons. The zero-order chi connectivity index (χ0) is 15.4. The Balaban J connectivity index is 2.31. The Morgan fingerprint density at radius 2 is 1.86 bits per heavy atom. The molecule has 0 spiro atoms. The van der Waals surface area contributed by atoms with Crippen LogP contribution in [0.4, 0.5) is 26.4 Å². The van der Waals surface area contributed by atoms with E-state index in [1.807, 2.05) is 6.92 Å². The summed E-state index contributed by atoms with van der Waals surface area (Å²) < 4.78 is 27.6. The van der Waals surface area contributed by atoms with Gasteiger partial charge in [0.15, 0.2) is 5.82 Å². The largest absolute Gasteiger partial charge is 0.354 e. The van der Waals surface area contributed by atoms with Crippen LogP contribution in [-0.2, 0) is 0 Å². The minimum atomic E-state index is -0.738. The van der Waals surface area contributed by atoms with Crippen LogP contribution in [0.25, 0.3) is 0 Å². The second kappa shape index (κ2) is 6.62. The number of anilines is 3. The van der Waals surface area contributed by atoms with Crippen LogP contribution >= 0.6 is 11.6 Å². The SMILES string of the molecule is CCCNc1nc(Cl)nc(Nc2c(F)ccc(C)c2F)n1. The molecule has 0 aliphatic carbocycles. The van der Waals surface area contributed by atoms with Crippen LogP contribution in [0.15, 0.2) is 12.1 Å². The molecule has 0 unspecified atom stereocenters. The minimum absolute atomic E-state index is 0.0306. The number of hydrogen-bond donors (Lipinski definition) is 2. The first-order valence-corrected chi connectivity index (χ1v) is 6.76. The molecule has 1 aromatic carbocycles. The smallest absolute Gasteiger partial charge is 0.233 e. The van der Waals surface area contributed by atoms with Gasteiger partial charge in [0.1, 0.15) is 11.5 Å². The maximum atomic E-state index is 13.9. The Labute approximate surface area is 125 Å². The van der Waals surface area contributed by atoms with E-state index in [0.717, 1.165) is 6.42 Å². The summed E-state index contributed by atoms with van der Waals surface area (Å²) >= 11 is 5.78. The number of benzene rings is 1. The van der Waals surface area contributed by atoms with Gasteiger partial charge in [0, 0.05) is 6.54 Å². The predicted molar refractivity (Wildman–Crippen MR) is 78.0 cm³/mol. The van der Waals surface area contributed by atoms with E-state index in [4.69, 9.17) is 11.6 Å². The molecule has 21 heavy (non-hydrogen) atoms.